The molecule has 1 aliphatic rings. The summed E-state index contributed by atoms with van der Waals surface area (Å²) in [5.41, 5.74) is 5.93. The van der Waals surface area contributed by atoms with Gasteiger partial charge in [0.05, 0.1) is 5.66 Å². The topological polar surface area (TPSA) is 40.1 Å². The lowest BCUT2D eigenvalue weighted by Gasteiger charge is -2.32. The first-order chi connectivity index (χ1) is 5.27. The van der Waals surface area contributed by atoms with Crippen molar-refractivity contribution < 1.29 is 0 Å². The highest BCUT2D eigenvalue weighted by atomic mass is 15.1. The van der Waals surface area contributed by atoms with Gasteiger partial charge in [0.15, 0.2) is 0 Å². The second kappa shape index (κ2) is 4.07. The fourth-order valence-electron chi connectivity index (χ4n) is 1.66. The van der Waals surface area contributed by atoms with E-state index in [-0.39, 0.29) is 5.66 Å². The van der Waals surface area contributed by atoms with Gasteiger partial charge < -0.3 is 5.73 Å². The van der Waals surface area contributed by atoms with Crippen LogP contribution in [0.2, 0.25) is 0 Å². The highest BCUT2D eigenvalue weighted by Crippen LogP contribution is 2.24. The minimum Gasteiger partial charge on any atom is -0.312 e. The van der Waals surface area contributed by atoms with Gasteiger partial charge in [-0.1, -0.05) is 26.2 Å². The number of hydrogen-bond donors (Lipinski definition) is 1. The Bertz CT molecular complexity index is 106. The lowest BCUT2D eigenvalue weighted by atomic mass is 9.90. The van der Waals surface area contributed by atoms with Crippen molar-refractivity contribution in [3.05, 3.63) is 0 Å². The highest BCUT2D eigenvalue weighted by Gasteiger charge is 2.26. The van der Waals surface area contributed by atoms with Crippen LogP contribution < -0.4 is 11.1 Å². The number of hydrogen-bond acceptors (Lipinski definition) is 1. The fraction of sp³-hybridized carbons (Fsp3) is 1.00. The summed E-state index contributed by atoms with van der Waals surface area (Å²) >= 11 is 0. The summed E-state index contributed by atoms with van der Waals surface area (Å²) in [5.74, 6) is 0. The first-order valence-corrected chi connectivity index (χ1v) is 4.74. The van der Waals surface area contributed by atoms with E-state index in [4.69, 9.17) is 5.73 Å². The van der Waals surface area contributed by atoms with Crippen LogP contribution in [0.15, 0.2) is 0 Å². The van der Waals surface area contributed by atoms with Crippen molar-refractivity contribution >= 4 is 0 Å². The zero-order chi connectivity index (χ0) is 8.16. The monoisotopic (exact) mass is 155 g/mol. The lowest BCUT2D eigenvalue weighted by molar-refractivity contribution is 0.234. The van der Waals surface area contributed by atoms with Crippen molar-refractivity contribution in [2.24, 2.45) is 5.73 Å². The van der Waals surface area contributed by atoms with E-state index in [0.29, 0.717) is 0 Å². The Labute approximate surface area is 69.5 Å². The Morgan fingerprint density at radius 1 is 1.27 bits per heavy atom. The third-order valence-corrected chi connectivity index (χ3v) is 2.37. The van der Waals surface area contributed by atoms with E-state index < -0.39 is 0 Å². The average molecular weight is 155 g/mol. The molecule has 1 saturated carbocycles. The second-order valence-corrected chi connectivity index (χ2v) is 3.55. The molecule has 0 bridgehead atoms. The van der Waals surface area contributed by atoms with Crippen LogP contribution in [0.3, 0.4) is 0 Å². The highest BCUT2D eigenvalue weighted by molar-refractivity contribution is 4.83. The second-order valence-electron chi connectivity index (χ2n) is 3.55. The Morgan fingerprint density at radius 3 is 2.45 bits per heavy atom. The smallest absolute Gasteiger partial charge is 0.0823 e. The van der Waals surface area contributed by atoms with Crippen molar-refractivity contribution in [1.29, 1.82) is 0 Å². The van der Waals surface area contributed by atoms with Gasteiger partial charge in [0.25, 0.3) is 0 Å². The van der Waals surface area contributed by atoms with Crippen LogP contribution in [0.1, 0.15) is 45.4 Å². The predicted octanol–water partition coefficient (Wildman–Crippen LogP) is 1.62. The van der Waals surface area contributed by atoms with Crippen molar-refractivity contribution in [3.63, 3.8) is 0 Å². The Morgan fingerprint density at radius 2 is 1.91 bits per heavy atom. The molecule has 2 N–H and O–H groups in total. The molecule has 0 aliphatic heterocycles. The van der Waals surface area contributed by atoms with Crippen molar-refractivity contribution in [3.8, 4) is 0 Å². The van der Waals surface area contributed by atoms with Gasteiger partial charge in [-0.05, 0) is 19.3 Å². The Balaban J connectivity index is 2.25. The summed E-state index contributed by atoms with van der Waals surface area (Å²) in [6.45, 7) is 3.09. The Kier molecular flexibility index (Phi) is 3.34. The van der Waals surface area contributed by atoms with Gasteiger partial charge in [-0.15, -0.1) is 0 Å². The minimum atomic E-state index is -0.145. The summed E-state index contributed by atoms with van der Waals surface area (Å²) < 4.78 is 0. The summed E-state index contributed by atoms with van der Waals surface area (Å²) in [6.07, 6.45) is 7.22. The van der Waals surface area contributed by atoms with Gasteiger partial charge in [-0.3, -0.25) is 0 Å². The summed E-state index contributed by atoms with van der Waals surface area (Å²) in [6, 6.07) is 0. The maximum absolute atomic E-state index is 6.08. The maximum atomic E-state index is 6.08. The molecule has 0 atom stereocenters. The van der Waals surface area contributed by atoms with Crippen molar-refractivity contribution in [2.45, 2.75) is 51.1 Å². The molecule has 0 spiro atoms. The van der Waals surface area contributed by atoms with Crippen LogP contribution in [0.4, 0.5) is 0 Å². The molecule has 0 aromatic rings. The van der Waals surface area contributed by atoms with E-state index >= 15 is 0 Å². The van der Waals surface area contributed by atoms with Crippen molar-refractivity contribution in [1.82, 2.24) is 5.32 Å². The predicted molar refractivity (Wildman–Crippen MR) is 47.3 cm³/mol. The number of rotatable bonds is 3. The lowest BCUT2D eigenvalue weighted by Crippen LogP contribution is -2.50. The molecule has 2 nitrogen and oxygen atoms in total. The van der Waals surface area contributed by atoms with Crippen LogP contribution in [0, 0.1) is 0 Å². The normalized spacial score (nSPS) is 23.5. The summed E-state index contributed by atoms with van der Waals surface area (Å²) in [5, 5.41) is 4.51. The standard InChI is InChI=1S/C9H19N2/c1-2-8-11-9(10)6-4-3-5-7-9/h2-8,10H2,1H3. The number of nitrogens with zero attached hydrogens (tertiary/aromatic N) is 1. The van der Waals surface area contributed by atoms with Gasteiger partial charge in [-0.2, -0.15) is 0 Å². The van der Waals surface area contributed by atoms with Gasteiger partial charge in [-0.25, -0.2) is 5.32 Å². The van der Waals surface area contributed by atoms with Gasteiger partial charge in [0.2, 0.25) is 0 Å². The zero-order valence-corrected chi connectivity index (χ0v) is 7.47. The third-order valence-electron chi connectivity index (χ3n) is 2.37. The van der Waals surface area contributed by atoms with Crippen LogP contribution in [0.25, 0.3) is 0 Å². The van der Waals surface area contributed by atoms with Crippen LogP contribution in [-0.4, -0.2) is 12.2 Å². The molecule has 1 rings (SSSR count). The van der Waals surface area contributed by atoms with Crippen molar-refractivity contribution in [2.75, 3.05) is 6.54 Å². The molecular weight excluding hydrogens is 136 g/mol. The molecule has 1 fully saturated rings. The van der Waals surface area contributed by atoms with E-state index in [2.05, 4.69) is 12.2 Å². The molecule has 0 heterocycles. The first-order valence-electron chi connectivity index (χ1n) is 4.74. The molecule has 0 amide bonds. The average Bonchev–Trinajstić information content (AvgIpc) is 2.03. The summed E-state index contributed by atoms with van der Waals surface area (Å²) in [7, 11) is 0. The molecule has 0 aromatic carbocycles. The molecule has 2 heteroatoms. The third kappa shape index (κ3) is 2.80. The van der Waals surface area contributed by atoms with Crippen LogP contribution in [0.5, 0.6) is 0 Å². The van der Waals surface area contributed by atoms with E-state index in [0.717, 1.165) is 25.8 Å². The Hall–Kier alpha value is -0.0800. The molecule has 1 radical (unpaired) electrons. The van der Waals surface area contributed by atoms with Gasteiger partial charge in [0.1, 0.15) is 0 Å². The van der Waals surface area contributed by atoms with Crippen LogP contribution >= 0.6 is 0 Å². The summed E-state index contributed by atoms with van der Waals surface area (Å²) in [4.78, 5) is 0. The molecule has 0 saturated heterocycles. The molecule has 0 unspecified atom stereocenters. The SMILES string of the molecule is CCC[N]C1(N)CCCCC1. The van der Waals surface area contributed by atoms with E-state index in [1.54, 1.807) is 0 Å². The molecule has 0 aromatic heterocycles. The minimum absolute atomic E-state index is 0.145. The van der Waals surface area contributed by atoms with Gasteiger partial charge in [0, 0.05) is 6.54 Å². The molecule has 65 valence electrons. The fourth-order valence-corrected chi connectivity index (χ4v) is 1.66. The van der Waals surface area contributed by atoms with E-state index in [1.165, 1.54) is 19.3 Å². The molecule has 11 heavy (non-hydrogen) atoms. The zero-order valence-electron chi connectivity index (χ0n) is 7.47. The van der Waals surface area contributed by atoms with Crippen LogP contribution in [-0.2, 0) is 0 Å². The van der Waals surface area contributed by atoms with E-state index in [9.17, 15) is 0 Å². The molecule has 1 aliphatic carbocycles. The largest absolute Gasteiger partial charge is 0.312 e. The van der Waals surface area contributed by atoms with E-state index in [1.807, 2.05) is 0 Å². The van der Waals surface area contributed by atoms with Gasteiger partial charge >= 0.3 is 0 Å². The maximum Gasteiger partial charge on any atom is 0.0823 e. The first kappa shape index (κ1) is 9.01. The molecular formula is C9H19N2. The quantitative estimate of drug-likeness (QED) is 0.661. The number of nitrogens with two attached hydrogens (primary N) is 1.